The molecule has 0 radical (unpaired) electrons. The van der Waals surface area contributed by atoms with Gasteiger partial charge >= 0.3 is 0 Å². The van der Waals surface area contributed by atoms with Gasteiger partial charge in [-0.25, -0.2) is 4.98 Å². The zero-order valence-electron chi connectivity index (χ0n) is 17.2. The summed E-state index contributed by atoms with van der Waals surface area (Å²) in [5.74, 6) is 1.04. The number of aromatic amines is 1. The fourth-order valence-electron chi connectivity index (χ4n) is 4.40. The van der Waals surface area contributed by atoms with Gasteiger partial charge in [-0.3, -0.25) is 4.79 Å². The molecule has 1 aliphatic rings. The number of rotatable bonds is 5. The third-order valence-corrected chi connectivity index (χ3v) is 6.27. The van der Waals surface area contributed by atoms with Crippen LogP contribution in [-0.4, -0.2) is 27.3 Å². The smallest absolute Gasteiger partial charge is 0.223 e. The highest BCUT2D eigenvalue weighted by atomic mass is 35.5. The zero-order chi connectivity index (χ0) is 21.2. The minimum atomic E-state index is 0.0131. The summed E-state index contributed by atoms with van der Waals surface area (Å²) in [5, 5.41) is 0.681. The van der Waals surface area contributed by atoms with Crippen LogP contribution in [-0.2, 0) is 11.2 Å². The Hall–Kier alpha value is -3.11. The Morgan fingerprint density at radius 3 is 2.61 bits per heavy atom. The van der Waals surface area contributed by atoms with Crippen LogP contribution in [0.1, 0.15) is 36.7 Å². The van der Waals surface area contributed by atoms with Gasteiger partial charge in [0.1, 0.15) is 5.82 Å². The lowest BCUT2D eigenvalue weighted by molar-refractivity contribution is -0.132. The molecular formula is C26H24ClN3O. The molecule has 1 amide bonds. The van der Waals surface area contributed by atoms with Crippen molar-refractivity contribution in [3.8, 4) is 11.1 Å². The van der Waals surface area contributed by atoms with Gasteiger partial charge in [0.25, 0.3) is 0 Å². The number of imidazole rings is 1. The summed E-state index contributed by atoms with van der Waals surface area (Å²) in [4.78, 5) is 23.1. The van der Waals surface area contributed by atoms with E-state index in [1.54, 1.807) is 0 Å². The zero-order valence-corrected chi connectivity index (χ0v) is 18.0. The standard InChI is InChI=1S/C26H24ClN3O/c27-21-13-14-22-23(17-21)29-26(28-22)24-7-4-16-30(24)25(31)15-10-18-8-11-20(12-9-18)19-5-2-1-3-6-19/h1-3,5-6,8-9,11-14,17,24H,4,7,10,15-16H2,(H,28,29)/t24-/m0/s1. The van der Waals surface area contributed by atoms with E-state index in [4.69, 9.17) is 16.6 Å². The number of carbonyl (C=O) groups is 1. The molecule has 3 aromatic carbocycles. The van der Waals surface area contributed by atoms with Gasteiger partial charge in [0, 0.05) is 18.0 Å². The Bertz CT molecular complexity index is 1200. The molecule has 31 heavy (non-hydrogen) atoms. The van der Waals surface area contributed by atoms with E-state index in [1.807, 2.05) is 41.3 Å². The van der Waals surface area contributed by atoms with Gasteiger partial charge in [-0.15, -0.1) is 0 Å². The van der Waals surface area contributed by atoms with E-state index < -0.39 is 0 Å². The van der Waals surface area contributed by atoms with Crippen molar-refractivity contribution in [3.05, 3.63) is 89.2 Å². The van der Waals surface area contributed by atoms with Crippen LogP contribution in [0.2, 0.25) is 5.02 Å². The molecule has 156 valence electrons. The van der Waals surface area contributed by atoms with E-state index in [-0.39, 0.29) is 11.9 Å². The quantitative estimate of drug-likeness (QED) is 0.411. The highest BCUT2D eigenvalue weighted by molar-refractivity contribution is 6.31. The third-order valence-electron chi connectivity index (χ3n) is 6.04. The minimum Gasteiger partial charge on any atom is -0.340 e. The number of aromatic nitrogens is 2. The number of hydrogen-bond donors (Lipinski definition) is 1. The summed E-state index contributed by atoms with van der Waals surface area (Å²) in [6, 6.07) is 24.5. The second-order valence-electron chi connectivity index (χ2n) is 8.09. The molecule has 5 heteroatoms. The van der Waals surface area contributed by atoms with Crippen LogP contribution in [0.15, 0.2) is 72.8 Å². The Labute approximate surface area is 186 Å². The van der Waals surface area contributed by atoms with Crippen LogP contribution in [0.3, 0.4) is 0 Å². The molecule has 1 atom stereocenters. The monoisotopic (exact) mass is 429 g/mol. The Balaban J connectivity index is 1.25. The summed E-state index contributed by atoms with van der Waals surface area (Å²) >= 11 is 6.10. The lowest BCUT2D eigenvalue weighted by atomic mass is 10.0. The summed E-state index contributed by atoms with van der Waals surface area (Å²) in [7, 11) is 0. The Morgan fingerprint density at radius 2 is 1.81 bits per heavy atom. The summed E-state index contributed by atoms with van der Waals surface area (Å²) in [5.41, 5.74) is 5.39. The predicted octanol–water partition coefficient (Wildman–Crippen LogP) is 6.18. The number of nitrogens with zero attached hydrogens (tertiary/aromatic N) is 2. The summed E-state index contributed by atoms with van der Waals surface area (Å²) in [6.45, 7) is 0.786. The van der Waals surface area contributed by atoms with Crippen molar-refractivity contribution >= 4 is 28.5 Å². The van der Waals surface area contributed by atoms with Crippen molar-refractivity contribution in [2.75, 3.05) is 6.54 Å². The average molecular weight is 430 g/mol. The number of H-pyrrole nitrogens is 1. The van der Waals surface area contributed by atoms with Gasteiger partial charge < -0.3 is 9.88 Å². The van der Waals surface area contributed by atoms with E-state index in [0.29, 0.717) is 11.4 Å². The van der Waals surface area contributed by atoms with Crippen LogP contribution in [0.25, 0.3) is 22.2 Å². The van der Waals surface area contributed by atoms with Crippen LogP contribution < -0.4 is 0 Å². The molecular weight excluding hydrogens is 406 g/mol. The first kappa shape index (κ1) is 19.8. The highest BCUT2D eigenvalue weighted by Gasteiger charge is 2.31. The van der Waals surface area contributed by atoms with Gasteiger partial charge in [-0.1, -0.05) is 66.2 Å². The second kappa shape index (κ2) is 8.56. The molecule has 4 nitrogen and oxygen atoms in total. The molecule has 2 heterocycles. The molecule has 0 bridgehead atoms. The molecule has 5 rings (SSSR count). The van der Waals surface area contributed by atoms with E-state index in [9.17, 15) is 4.79 Å². The van der Waals surface area contributed by atoms with Gasteiger partial charge in [0.05, 0.1) is 17.1 Å². The topological polar surface area (TPSA) is 49.0 Å². The van der Waals surface area contributed by atoms with Crippen molar-refractivity contribution in [3.63, 3.8) is 0 Å². The molecule has 1 aliphatic heterocycles. The minimum absolute atomic E-state index is 0.0131. The van der Waals surface area contributed by atoms with Gasteiger partial charge in [-0.2, -0.15) is 0 Å². The lowest BCUT2D eigenvalue weighted by Gasteiger charge is -2.23. The van der Waals surface area contributed by atoms with Crippen molar-refractivity contribution in [2.24, 2.45) is 0 Å². The van der Waals surface area contributed by atoms with Crippen molar-refractivity contribution in [2.45, 2.75) is 31.7 Å². The van der Waals surface area contributed by atoms with E-state index in [0.717, 1.165) is 42.7 Å². The Kier molecular flexibility index (Phi) is 5.47. The second-order valence-corrected chi connectivity index (χ2v) is 8.53. The number of fused-ring (bicyclic) bond motifs is 1. The first-order valence-corrected chi connectivity index (χ1v) is 11.1. The molecule has 0 spiro atoms. The molecule has 0 saturated carbocycles. The van der Waals surface area contributed by atoms with E-state index in [1.165, 1.54) is 16.7 Å². The predicted molar refractivity (Wildman–Crippen MR) is 125 cm³/mol. The molecule has 1 N–H and O–H groups in total. The number of amides is 1. The number of likely N-dealkylation sites (tertiary alicyclic amines) is 1. The van der Waals surface area contributed by atoms with Crippen molar-refractivity contribution in [1.82, 2.24) is 14.9 Å². The molecule has 1 fully saturated rings. The average Bonchev–Trinajstić information content (AvgIpc) is 3.45. The molecule has 0 unspecified atom stereocenters. The third kappa shape index (κ3) is 4.21. The van der Waals surface area contributed by atoms with Crippen LogP contribution in [0.5, 0.6) is 0 Å². The maximum atomic E-state index is 13.0. The molecule has 4 aromatic rings. The van der Waals surface area contributed by atoms with Crippen LogP contribution >= 0.6 is 11.6 Å². The molecule has 1 aromatic heterocycles. The van der Waals surface area contributed by atoms with E-state index >= 15 is 0 Å². The van der Waals surface area contributed by atoms with Gasteiger partial charge in [0.15, 0.2) is 0 Å². The van der Waals surface area contributed by atoms with Crippen LogP contribution in [0.4, 0.5) is 0 Å². The molecule has 0 aliphatic carbocycles. The van der Waals surface area contributed by atoms with E-state index in [2.05, 4.69) is 41.4 Å². The fourth-order valence-corrected chi connectivity index (χ4v) is 4.57. The number of carbonyl (C=O) groups excluding carboxylic acids is 1. The maximum Gasteiger partial charge on any atom is 0.223 e. The largest absolute Gasteiger partial charge is 0.340 e. The summed E-state index contributed by atoms with van der Waals surface area (Å²) in [6.07, 6.45) is 3.19. The first-order chi connectivity index (χ1) is 15.2. The number of halogens is 1. The number of benzene rings is 3. The number of aryl methyl sites for hydroxylation is 1. The van der Waals surface area contributed by atoms with Crippen molar-refractivity contribution < 1.29 is 4.79 Å². The lowest BCUT2D eigenvalue weighted by Crippen LogP contribution is -2.31. The normalized spacial score (nSPS) is 16.2. The fraction of sp³-hybridized carbons (Fsp3) is 0.231. The summed E-state index contributed by atoms with van der Waals surface area (Å²) < 4.78 is 0. The first-order valence-electron chi connectivity index (χ1n) is 10.8. The maximum absolute atomic E-state index is 13.0. The Morgan fingerprint density at radius 1 is 1.03 bits per heavy atom. The highest BCUT2D eigenvalue weighted by Crippen LogP contribution is 2.32. The van der Waals surface area contributed by atoms with Crippen LogP contribution in [0, 0.1) is 0 Å². The number of nitrogens with one attached hydrogen (secondary N) is 1. The number of hydrogen-bond acceptors (Lipinski definition) is 2. The van der Waals surface area contributed by atoms with Crippen molar-refractivity contribution in [1.29, 1.82) is 0 Å². The SMILES string of the molecule is O=C(CCc1ccc(-c2ccccc2)cc1)N1CCC[C@H]1c1nc2ccc(Cl)cc2[nH]1. The van der Waals surface area contributed by atoms with Gasteiger partial charge in [0.2, 0.25) is 5.91 Å². The van der Waals surface area contributed by atoms with Gasteiger partial charge in [-0.05, 0) is 54.2 Å². The molecule has 1 saturated heterocycles.